The zero-order chi connectivity index (χ0) is 9.72. The molecule has 1 amide bonds. The van der Waals surface area contributed by atoms with Crippen LogP contribution in [0.15, 0.2) is 0 Å². The van der Waals surface area contributed by atoms with E-state index in [1.165, 1.54) is 6.92 Å². The molecule has 0 aliphatic rings. The average Bonchev–Trinajstić information content (AvgIpc) is 1.98. The number of rotatable bonds is 3. The predicted molar refractivity (Wildman–Crippen MR) is 41.5 cm³/mol. The number of carboxylic acid groups (broad SMARTS) is 1. The maximum atomic E-state index is 10.1. The minimum Gasteiger partial charge on any atom is -0.465 e. The van der Waals surface area contributed by atoms with Crippen molar-refractivity contribution in [3.05, 3.63) is 0 Å². The van der Waals surface area contributed by atoms with Crippen LogP contribution in [0.3, 0.4) is 0 Å². The summed E-state index contributed by atoms with van der Waals surface area (Å²) in [6.45, 7) is 1.33. The molecular weight excluding hydrogens is 162 g/mol. The van der Waals surface area contributed by atoms with Crippen LogP contribution in [0.2, 0.25) is 0 Å². The number of hydrogen-bond acceptors (Lipinski definition) is 3. The zero-order valence-corrected chi connectivity index (χ0v) is 6.56. The Labute approximate surface area is 70.0 Å². The first kappa shape index (κ1) is 10.8. The fourth-order valence-electron chi connectivity index (χ4n) is 0.710. The van der Waals surface area contributed by atoms with Crippen molar-refractivity contribution in [3.63, 3.8) is 0 Å². The highest BCUT2D eigenvalue weighted by Crippen LogP contribution is 1.98. The van der Waals surface area contributed by atoms with E-state index in [-0.39, 0.29) is 0 Å². The van der Waals surface area contributed by atoms with Crippen molar-refractivity contribution in [1.82, 2.24) is 5.32 Å². The van der Waals surface area contributed by atoms with Crippen molar-refractivity contribution in [2.45, 2.75) is 25.2 Å². The van der Waals surface area contributed by atoms with E-state index in [9.17, 15) is 4.79 Å². The highest BCUT2D eigenvalue weighted by atomic mass is 16.4. The molecule has 0 aliphatic heterocycles. The van der Waals surface area contributed by atoms with Gasteiger partial charge in [-0.3, -0.25) is 0 Å². The van der Waals surface area contributed by atoms with E-state index in [2.05, 4.69) is 0 Å². The van der Waals surface area contributed by atoms with Crippen molar-refractivity contribution in [2.24, 2.45) is 0 Å². The maximum absolute atomic E-state index is 10.1. The fourth-order valence-corrected chi connectivity index (χ4v) is 0.710. The number of aliphatic hydroxyl groups is 2. The van der Waals surface area contributed by atoms with Gasteiger partial charge in [-0.15, -0.1) is 6.42 Å². The number of hydrogen-bond donors (Lipinski definition) is 4. The van der Waals surface area contributed by atoms with Gasteiger partial charge in [0.05, 0.1) is 12.1 Å². The highest BCUT2D eigenvalue weighted by molar-refractivity contribution is 5.65. The molecule has 3 atom stereocenters. The van der Waals surface area contributed by atoms with Gasteiger partial charge in [0.1, 0.15) is 6.10 Å². The summed E-state index contributed by atoms with van der Waals surface area (Å²) in [7, 11) is 0. The van der Waals surface area contributed by atoms with Gasteiger partial charge in [0.2, 0.25) is 0 Å². The van der Waals surface area contributed by atoms with Gasteiger partial charge in [-0.05, 0) is 6.92 Å². The molecule has 4 N–H and O–H groups in total. The minimum atomic E-state index is -1.34. The van der Waals surface area contributed by atoms with Crippen molar-refractivity contribution >= 4 is 6.09 Å². The normalized spacial score (nSPS) is 17.2. The first-order chi connectivity index (χ1) is 5.49. The van der Waals surface area contributed by atoms with Crippen LogP contribution in [-0.4, -0.2) is 39.7 Å². The van der Waals surface area contributed by atoms with Crippen LogP contribution in [0.25, 0.3) is 0 Å². The van der Waals surface area contributed by atoms with Crippen molar-refractivity contribution in [3.8, 4) is 12.3 Å². The molecule has 0 spiro atoms. The third-order valence-corrected chi connectivity index (χ3v) is 1.32. The minimum absolute atomic E-state index is 1.04. The molecule has 5 nitrogen and oxygen atoms in total. The molecule has 0 aromatic carbocycles. The predicted octanol–water partition coefficient (Wildman–Crippen LogP) is -1.00. The lowest BCUT2D eigenvalue weighted by molar-refractivity contribution is 0.0733. The van der Waals surface area contributed by atoms with Crippen LogP contribution in [-0.2, 0) is 0 Å². The number of terminal acetylenes is 1. The second-order valence-electron chi connectivity index (χ2n) is 2.33. The van der Waals surface area contributed by atoms with E-state index < -0.39 is 24.3 Å². The van der Waals surface area contributed by atoms with E-state index in [0.29, 0.717) is 0 Å². The van der Waals surface area contributed by atoms with Gasteiger partial charge in [-0.2, -0.15) is 0 Å². The maximum Gasteiger partial charge on any atom is 0.405 e. The molecule has 0 bridgehead atoms. The lowest BCUT2D eigenvalue weighted by atomic mass is 10.1. The van der Waals surface area contributed by atoms with Crippen LogP contribution in [0.5, 0.6) is 0 Å². The van der Waals surface area contributed by atoms with Gasteiger partial charge in [0.25, 0.3) is 0 Å². The molecule has 0 saturated heterocycles. The van der Waals surface area contributed by atoms with Crippen LogP contribution in [0, 0.1) is 12.3 Å². The van der Waals surface area contributed by atoms with E-state index in [1.807, 2.05) is 11.2 Å². The van der Waals surface area contributed by atoms with Gasteiger partial charge in [-0.1, -0.05) is 5.92 Å². The largest absolute Gasteiger partial charge is 0.465 e. The summed E-state index contributed by atoms with van der Waals surface area (Å²) < 4.78 is 0. The van der Waals surface area contributed by atoms with Crippen molar-refractivity contribution in [1.29, 1.82) is 0 Å². The highest BCUT2D eigenvalue weighted by Gasteiger charge is 2.23. The van der Waals surface area contributed by atoms with Gasteiger partial charge in [-0.25, -0.2) is 4.79 Å². The standard InChI is InChI=1S/C7H11NO4/c1-3-5(10)6(4(2)9)8-7(11)12/h1,4-6,8-10H,2H3,(H,11,12)/t4-,5-,6+/m1/s1. The van der Waals surface area contributed by atoms with Crippen LogP contribution in [0.4, 0.5) is 4.79 Å². The molecule has 0 aromatic heterocycles. The van der Waals surface area contributed by atoms with E-state index in [4.69, 9.17) is 21.7 Å². The Hall–Kier alpha value is -1.25. The number of aliphatic hydroxyl groups excluding tert-OH is 2. The monoisotopic (exact) mass is 173 g/mol. The van der Waals surface area contributed by atoms with Gasteiger partial charge in [0, 0.05) is 0 Å². The Morgan fingerprint density at radius 2 is 2.08 bits per heavy atom. The Kier molecular flexibility index (Phi) is 4.11. The van der Waals surface area contributed by atoms with E-state index >= 15 is 0 Å². The Balaban J connectivity index is 4.25. The van der Waals surface area contributed by atoms with Gasteiger partial charge >= 0.3 is 6.09 Å². The number of carbonyl (C=O) groups is 1. The van der Waals surface area contributed by atoms with E-state index in [1.54, 1.807) is 0 Å². The Morgan fingerprint density at radius 1 is 1.58 bits per heavy atom. The Morgan fingerprint density at radius 3 is 2.33 bits per heavy atom. The third-order valence-electron chi connectivity index (χ3n) is 1.32. The van der Waals surface area contributed by atoms with Crippen LogP contribution < -0.4 is 5.32 Å². The second-order valence-corrected chi connectivity index (χ2v) is 2.33. The van der Waals surface area contributed by atoms with Crippen LogP contribution >= 0.6 is 0 Å². The van der Waals surface area contributed by atoms with Crippen molar-refractivity contribution < 1.29 is 20.1 Å². The summed E-state index contributed by atoms with van der Waals surface area (Å²) in [5.41, 5.74) is 0. The quantitative estimate of drug-likeness (QED) is 0.412. The second kappa shape index (κ2) is 4.59. The van der Waals surface area contributed by atoms with Gasteiger partial charge < -0.3 is 20.6 Å². The average molecular weight is 173 g/mol. The molecule has 0 fully saturated rings. The molecular formula is C7H11NO4. The van der Waals surface area contributed by atoms with Crippen molar-refractivity contribution in [2.75, 3.05) is 0 Å². The Bertz CT molecular complexity index is 196. The van der Waals surface area contributed by atoms with Crippen LogP contribution in [0.1, 0.15) is 6.92 Å². The first-order valence-corrected chi connectivity index (χ1v) is 3.30. The lowest BCUT2D eigenvalue weighted by Gasteiger charge is -2.21. The smallest absolute Gasteiger partial charge is 0.405 e. The summed E-state index contributed by atoms with van der Waals surface area (Å²) in [6, 6.07) is -1.05. The number of nitrogens with one attached hydrogen (secondary N) is 1. The fraction of sp³-hybridized carbons (Fsp3) is 0.571. The molecule has 0 unspecified atom stereocenters. The first-order valence-electron chi connectivity index (χ1n) is 3.30. The summed E-state index contributed by atoms with van der Waals surface area (Å²) in [5.74, 6) is 1.92. The van der Waals surface area contributed by atoms with E-state index in [0.717, 1.165) is 0 Å². The summed E-state index contributed by atoms with van der Waals surface area (Å²) in [6.07, 6.45) is 1.15. The van der Waals surface area contributed by atoms with Gasteiger partial charge in [0.15, 0.2) is 0 Å². The molecule has 68 valence electrons. The SMILES string of the molecule is C#C[C@@H](O)[C@@H](NC(=O)O)[C@@H](C)O. The molecule has 0 aromatic rings. The lowest BCUT2D eigenvalue weighted by Crippen LogP contribution is -2.48. The summed E-state index contributed by atoms with van der Waals surface area (Å²) in [4.78, 5) is 10.1. The molecule has 0 rings (SSSR count). The molecule has 12 heavy (non-hydrogen) atoms. The molecule has 0 aliphatic carbocycles. The topological polar surface area (TPSA) is 89.8 Å². The molecule has 0 heterocycles. The molecule has 0 saturated carbocycles. The molecule has 0 radical (unpaired) electrons. The molecule has 5 heteroatoms. The summed E-state index contributed by atoms with van der Waals surface area (Å²) >= 11 is 0. The zero-order valence-electron chi connectivity index (χ0n) is 6.56. The number of amides is 1. The third kappa shape index (κ3) is 3.23. The summed E-state index contributed by atoms with van der Waals surface area (Å²) in [5, 5.41) is 28.2.